The van der Waals surface area contributed by atoms with Crippen LogP contribution in [0.25, 0.3) is 16.6 Å². The Morgan fingerprint density at radius 3 is 2.42 bits per heavy atom. The van der Waals surface area contributed by atoms with E-state index >= 15 is 0 Å². The molecule has 8 heteroatoms. The van der Waals surface area contributed by atoms with E-state index in [-0.39, 0.29) is 17.2 Å². The number of nitrogens with zero attached hydrogens (tertiary/aromatic N) is 5. The summed E-state index contributed by atoms with van der Waals surface area (Å²) in [6.07, 6.45) is 1.56. The molecule has 0 atom stereocenters. The largest absolute Gasteiger partial charge is 0.355 e. The third kappa shape index (κ3) is 4.71. The number of aryl methyl sites for hydroxylation is 3. The maximum atomic E-state index is 12.7. The second-order valence-corrected chi connectivity index (χ2v) is 10.0. The van der Waals surface area contributed by atoms with Crippen LogP contribution in [0, 0.1) is 32.1 Å². The highest BCUT2D eigenvalue weighted by molar-refractivity contribution is 5.92. The Hall–Kier alpha value is -3.00. The van der Waals surface area contributed by atoms with Crippen LogP contribution in [-0.2, 0) is 4.79 Å². The molecule has 1 aliphatic heterocycles. The summed E-state index contributed by atoms with van der Waals surface area (Å²) in [5.74, 6) is 0.930. The number of amides is 1. The molecular weight excluding hydrogens is 414 g/mol. The van der Waals surface area contributed by atoms with Gasteiger partial charge in [0.1, 0.15) is 5.52 Å². The minimum absolute atomic E-state index is 0.00979. The van der Waals surface area contributed by atoms with Crippen LogP contribution in [0.15, 0.2) is 24.3 Å². The fourth-order valence-corrected chi connectivity index (χ4v) is 4.36. The van der Waals surface area contributed by atoms with Crippen LogP contribution in [0.5, 0.6) is 0 Å². The quantitative estimate of drug-likeness (QED) is 0.600. The minimum Gasteiger partial charge on any atom is -0.355 e. The van der Waals surface area contributed by atoms with Crippen LogP contribution in [0.2, 0.25) is 0 Å². The molecule has 1 aliphatic rings. The predicted molar refractivity (Wildman–Crippen MR) is 132 cm³/mol. The van der Waals surface area contributed by atoms with E-state index in [0.29, 0.717) is 13.1 Å². The van der Waals surface area contributed by atoms with Crippen molar-refractivity contribution in [2.24, 2.45) is 17.1 Å². The lowest BCUT2D eigenvalue weighted by Gasteiger charge is -2.32. The first-order valence-corrected chi connectivity index (χ1v) is 11.7. The molecule has 8 nitrogen and oxygen atoms in total. The van der Waals surface area contributed by atoms with Crippen molar-refractivity contribution in [3.8, 4) is 5.69 Å². The molecule has 1 aromatic carbocycles. The lowest BCUT2D eigenvalue weighted by Crippen LogP contribution is -2.44. The normalized spacial score (nSPS) is 15.3. The number of anilines is 1. The summed E-state index contributed by atoms with van der Waals surface area (Å²) in [4.78, 5) is 14.9. The number of hydrogen-bond acceptors (Lipinski definition) is 6. The van der Waals surface area contributed by atoms with E-state index in [1.54, 1.807) is 0 Å². The zero-order valence-electron chi connectivity index (χ0n) is 20.4. The fraction of sp³-hybridized carbons (Fsp3) is 0.520. The first kappa shape index (κ1) is 23.2. The summed E-state index contributed by atoms with van der Waals surface area (Å²) in [6.45, 7) is 12.9. The monoisotopic (exact) mass is 449 g/mol. The standard InChI is InChI=1S/C25H35N7O/c1-16-6-8-20(9-7-16)32-18(3)21-17(2)28-29-23(22(21)30-32)31-12-10-19(11-13-31)24(33)27-15-25(4,5)14-26/h6-9,19H,10-15,26H2,1-5H3,(H,27,33). The molecule has 33 heavy (non-hydrogen) atoms. The van der Waals surface area contributed by atoms with Gasteiger partial charge >= 0.3 is 0 Å². The third-order valence-corrected chi connectivity index (χ3v) is 6.72. The molecule has 3 N–H and O–H groups in total. The molecule has 1 amide bonds. The number of hydrogen-bond donors (Lipinski definition) is 2. The molecule has 0 radical (unpaired) electrons. The highest BCUT2D eigenvalue weighted by Gasteiger charge is 2.29. The van der Waals surface area contributed by atoms with Crippen LogP contribution in [0.4, 0.5) is 5.82 Å². The number of nitrogens with one attached hydrogen (secondary N) is 1. The highest BCUT2D eigenvalue weighted by Crippen LogP contribution is 2.31. The van der Waals surface area contributed by atoms with Crippen LogP contribution < -0.4 is 16.0 Å². The predicted octanol–water partition coefficient (Wildman–Crippen LogP) is 3.06. The van der Waals surface area contributed by atoms with E-state index in [2.05, 4.69) is 72.4 Å². The van der Waals surface area contributed by atoms with Gasteiger partial charge in [0.25, 0.3) is 0 Å². The Bertz CT molecular complexity index is 1140. The van der Waals surface area contributed by atoms with E-state index in [9.17, 15) is 4.79 Å². The summed E-state index contributed by atoms with van der Waals surface area (Å²) in [7, 11) is 0. The smallest absolute Gasteiger partial charge is 0.223 e. The van der Waals surface area contributed by atoms with E-state index in [1.807, 2.05) is 11.6 Å². The molecule has 176 valence electrons. The molecule has 1 saturated heterocycles. The summed E-state index contributed by atoms with van der Waals surface area (Å²) in [6, 6.07) is 8.35. The average molecular weight is 450 g/mol. The average Bonchev–Trinajstić information content (AvgIpc) is 3.16. The van der Waals surface area contributed by atoms with Gasteiger partial charge in [-0.1, -0.05) is 31.5 Å². The second kappa shape index (κ2) is 9.09. The second-order valence-electron chi connectivity index (χ2n) is 10.0. The van der Waals surface area contributed by atoms with Crippen molar-refractivity contribution >= 4 is 22.6 Å². The number of carbonyl (C=O) groups is 1. The molecule has 0 aliphatic carbocycles. The molecule has 0 bridgehead atoms. The molecule has 0 unspecified atom stereocenters. The maximum absolute atomic E-state index is 12.7. The topological polar surface area (TPSA) is 102 Å². The molecule has 3 heterocycles. The van der Waals surface area contributed by atoms with Gasteiger partial charge in [-0.3, -0.25) is 4.79 Å². The molecule has 2 aromatic heterocycles. The minimum atomic E-state index is -0.0897. The Morgan fingerprint density at radius 1 is 1.12 bits per heavy atom. The van der Waals surface area contributed by atoms with Crippen LogP contribution in [-0.4, -0.2) is 52.1 Å². The molecule has 4 rings (SSSR count). The summed E-state index contributed by atoms with van der Waals surface area (Å²) >= 11 is 0. The Labute approximate surface area is 195 Å². The maximum Gasteiger partial charge on any atom is 0.223 e. The number of piperidine rings is 1. The summed E-state index contributed by atoms with van der Waals surface area (Å²) in [5.41, 5.74) is 10.7. The first-order chi connectivity index (χ1) is 15.7. The van der Waals surface area contributed by atoms with Gasteiger partial charge in [0.15, 0.2) is 5.82 Å². The highest BCUT2D eigenvalue weighted by atomic mass is 16.1. The summed E-state index contributed by atoms with van der Waals surface area (Å²) in [5, 5.41) is 18.1. The molecular formula is C25H35N7O. The number of carbonyl (C=O) groups excluding carboxylic acids is 1. The lowest BCUT2D eigenvalue weighted by molar-refractivity contribution is -0.126. The van der Waals surface area contributed by atoms with Gasteiger partial charge < -0.3 is 16.0 Å². The van der Waals surface area contributed by atoms with Crippen molar-refractivity contribution in [1.82, 2.24) is 25.3 Å². The van der Waals surface area contributed by atoms with Gasteiger partial charge in [-0.15, -0.1) is 5.10 Å². The zero-order chi connectivity index (χ0) is 23.8. The van der Waals surface area contributed by atoms with Crippen LogP contribution in [0.3, 0.4) is 0 Å². The number of aromatic nitrogens is 4. The Kier molecular flexibility index (Phi) is 6.38. The van der Waals surface area contributed by atoms with Crippen LogP contribution in [0.1, 0.15) is 43.6 Å². The number of benzene rings is 1. The van der Waals surface area contributed by atoms with Gasteiger partial charge in [-0.05, 0) is 57.7 Å². The van der Waals surface area contributed by atoms with Gasteiger partial charge in [0.05, 0.1) is 22.5 Å². The van der Waals surface area contributed by atoms with Gasteiger partial charge in [0.2, 0.25) is 5.91 Å². The molecule has 0 saturated carbocycles. The third-order valence-electron chi connectivity index (χ3n) is 6.72. The first-order valence-electron chi connectivity index (χ1n) is 11.7. The number of nitrogens with two attached hydrogens (primary N) is 1. The van der Waals surface area contributed by atoms with Crippen molar-refractivity contribution < 1.29 is 4.79 Å². The van der Waals surface area contributed by atoms with Crippen molar-refractivity contribution in [1.29, 1.82) is 0 Å². The lowest BCUT2D eigenvalue weighted by atomic mass is 9.92. The SMILES string of the molecule is Cc1ccc(-n2nc3c(N4CCC(C(=O)NCC(C)(C)CN)CC4)nnc(C)c3c2C)cc1. The van der Waals surface area contributed by atoms with E-state index in [1.165, 1.54) is 5.56 Å². The van der Waals surface area contributed by atoms with E-state index in [0.717, 1.165) is 59.7 Å². The molecule has 0 spiro atoms. The van der Waals surface area contributed by atoms with Crippen molar-refractivity contribution in [2.45, 2.75) is 47.5 Å². The van der Waals surface area contributed by atoms with Gasteiger partial charge in [-0.25, -0.2) is 4.68 Å². The molecule has 1 fully saturated rings. The zero-order valence-corrected chi connectivity index (χ0v) is 20.4. The Morgan fingerprint density at radius 2 is 1.79 bits per heavy atom. The Balaban J connectivity index is 1.54. The number of rotatable bonds is 6. The van der Waals surface area contributed by atoms with Gasteiger partial charge in [0, 0.05) is 25.6 Å². The van der Waals surface area contributed by atoms with Crippen molar-refractivity contribution in [3.63, 3.8) is 0 Å². The van der Waals surface area contributed by atoms with Crippen molar-refractivity contribution in [3.05, 3.63) is 41.2 Å². The fourth-order valence-electron chi connectivity index (χ4n) is 4.36. The van der Waals surface area contributed by atoms with E-state index < -0.39 is 0 Å². The van der Waals surface area contributed by atoms with E-state index in [4.69, 9.17) is 10.8 Å². The van der Waals surface area contributed by atoms with Crippen LogP contribution >= 0.6 is 0 Å². The van der Waals surface area contributed by atoms with Gasteiger partial charge in [-0.2, -0.15) is 10.2 Å². The summed E-state index contributed by atoms with van der Waals surface area (Å²) < 4.78 is 1.98. The number of fused-ring (bicyclic) bond motifs is 1. The van der Waals surface area contributed by atoms with Crippen molar-refractivity contribution in [2.75, 3.05) is 31.1 Å². The molecule has 3 aromatic rings.